The molecule has 0 unspecified atom stereocenters. The molecule has 4 aromatic carbocycles. The van der Waals surface area contributed by atoms with Crippen LogP contribution in [0.3, 0.4) is 0 Å². The fourth-order valence-electron chi connectivity index (χ4n) is 4.07. The zero-order valence-electron chi connectivity index (χ0n) is 21.4. The number of hydrogen-bond donors (Lipinski definition) is 0. The van der Waals surface area contributed by atoms with Crippen LogP contribution in [-0.2, 0) is 0 Å². The second-order valence-corrected chi connectivity index (χ2v) is 9.48. The first-order valence-electron chi connectivity index (χ1n) is 11.7. The van der Waals surface area contributed by atoms with Gasteiger partial charge in [-0.25, -0.2) is 0 Å². The Bertz CT molecular complexity index is 1820. The number of benzene rings is 4. The maximum absolute atomic E-state index is 12.2. The molecule has 19 nitrogen and oxygen atoms in total. The largest absolute Gasteiger partial charge is 0.307 e. The number of rotatable bonds is 11. The molecule has 222 valence electrons. The Morgan fingerprint density at radius 2 is 0.909 bits per heavy atom. The van der Waals surface area contributed by atoms with Crippen molar-refractivity contribution in [1.82, 2.24) is 0 Å². The second kappa shape index (κ2) is 12.1. The Balaban J connectivity index is 2.09. The van der Waals surface area contributed by atoms with Crippen LogP contribution in [0, 0.1) is 60.7 Å². The molecule has 0 radical (unpaired) electrons. The van der Waals surface area contributed by atoms with Crippen molar-refractivity contribution >= 4 is 62.9 Å². The first-order valence-corrected chi connectivity index (χ1v) is 12.5. The first kappa shape index (κ1) is 30.4. The van der Waals surface area contributed by atoms with Gasteiger partial charge >= 0.3 is 11.4 Å². The van der Waals surface area contributed by atoms with Gasteiger partial charge in [0.1, 0.15) is 0 Å². The standard InChI is InChI=1S/C24H13N7O12S/c32-26(33)15-10-18(28(36)37)23(19(11-15)29(38)39)25(14-6-2-1-3-7-14)17-8-4-5-9-22(17)44-24-20(30(40)41)12-16(27(34)35)13-21(24)31(42)43/h1-13H. The van der Waals surface area contributed by atoms with E-state index in [0.29, 0.717) is 36.0 Å². The highest BCUT2D eigenvalue weighted by atomic mass is 32.2. The van der Waals surface area contributed by atoms with Crippen LogP contribution in [0.2, 0.25) is 0 Å². The van der Waals surface area contributed by atoms with Crippen LogP contribution in [0.25, 0.3) is 0 Å². The minimum atomic E-state index is -1.06. The number of non-ortho nitro benzene ring substituents is 2. The van der Waals surface area contributed by atoms with Crippen LogP contribution in [0.1, 0.15) is 0 Å². The predicted octanol–water partition coefficient (Wildman–Crippen LogP) is 6.76. The Kier molecular flexibility index (Phi) is 8.37. The third kappa shape index (κ3) is 5.89. The Hall–Kier alpha value is -6.57. The van der Waals surface area contributed by atoms with Gasteiger partial charge in [-0.15, -0.1) is 0 Å². The molecular formula is C24H13N7O12S. The molecule has 0 saturated heterocycles. The summed E-state index contributed by atoms with van der Waals surface area (Å²) in [7, 11) is 0. The van der Waals surface area contributed by atoms with Crippen LogP contribution in [0.4, 0.5) is 51.2 Å². The van der Waals surface area contributed by atoms with E-state index in [-0.39, 0.29) is 16.3 Å². The lowest BCUT2D eigenvalue weighted by molar-refractivity contribution is -0.407. The molecule has 44 heavy (non-hydrogen) atoms. The second-order valence-electron chi connectivity index (χ2n) is 8.43. The van der Waals surface area contributed by atoms with Crippen LogP contribution < -0.4 is 4.90 Å². The van der Waals surface area contributed by atoms with Crippen molar-refractivity contribution in [2.24, 2.45) is 0 Å². The van der Waals surface area contributed by atoms with Gasteiger partial charge in [-0.1, -0.05) is 42.1 Å². The van der Waals surface area contributed by atoms with Crippen LogP contribution in [0.15, 0.2) is 88.7 Å². The number of nitro benzene ring substituents is 6. The molecule has 4 rings (SSSR count). The van der Waals surface area contributed by atoms with E-state index in [1.165, 1.54) is 48.5 Å². The Morgan fingerprint density at radius 1 is 0.500 bits per heavy atom. The zero-order chi connectivity index (χ0) is 32.3. The third-order valence-corrected chi connectivity index (χ3v) is 7.04. The highest BCUT2D eigenvalue weighted by molar-refractivity contribution is 7.99. The van der Waals surface area contributed by atoms with Crippen molar-refractivity contribution < 1.29 is 29.5 Å². The lowest BCUT2D eigenvalue weighted by atomic mass is 10.1. The van der Waals surface area contributed by atoms with Crippen molar-refractivity contribution in [2.75, 3.05) is 4.90 Å². The summed E-state index contributed by atoms with van der Waals surface area (Å²) < 4.78 is 0. The average molecular weight is 623 g/mol. The van der Waals surface area contributed by atoms with E-state index < -0.39 is 74.2 Å². The summed E-state index contributed by atoms with van der Waals surface area (Å²) in [6.45, 7) is 0. The topological polar surface area (TPSA) is 262 Å². The van der Waals surface area contributed by atoms with Gasteiger partial charge in [-0.2, -0.15) is 0 Å². The molecule has 0 amide bonds. The molecule has 0 N–H and O–H groups in total. The van der Waals surface area contributed by atoms with Gasteiger partial charge in [0.25, 0.3) is 22.7 Å². The van der Waals surface area contributed by atoms with E-state index in [0.717, 1.165) is 4.90 Å². The number of hydrogen-bond acceptors (Lipinski definition) is 14. The molecule has 0 bridgehead atoms. The van der Waals surface area contributed by atoms with Gasteiger partial charge in [0, 0.05) is 10.6 Å². The molecule has 0 aliphatic heterocycles. The molecule has 0 saturated carbocycles. The summed E-state index contributed by atoms with van der Waals surface area (Å²) >= 11 is 0.403. The monoisotopic (exact) mass is 623 g/mol. The quantitative estimate of drug-likeness (QED) is 0.123. The van der Waals surface area contributed by atoms with Crippen LogP contribution in [-0.4, -0.2) is 29.5 Å². The average Bonchev–Trinajstić information content (AvgIpc) is 2.97. The maximum Gasteiger partial charge on any atom is 0.307 e. The molecule has 0 spiro atoms. The molecular weight excluding hydrogens is 610 g/mol. The van der Waals surface area contributed by atoms with E-state index in [2.05, 4.69) is 0 Å². The molecule has 0 heterocycles. The number of nitrogens with zero attached hydrogens (tertiary/aromatic N) is 7. The minimum Gasteiger partial charge on any atom is -0.298 e. The van der Waals surface area contributed by atoms with E-state index >= 15 is 0 Å². The van der Waals surface area contributed by atoms with Crippen molar-refractivity contribution in [3.63, 3.8) is 0 Å². The Morgan fingerprint density at radius 3 is 1.34 bits per heavy atom. The Labute approximate surface area is 246 Å². The molecule has 0 aromatic heterocycles. The predicted molar refractivity (Wildman–Crippen MR) is 152 cm³/mol. The lowest BCUT2D eigenvalue weighted by Gasteiger charge is -2.26. The van der Waals surface area contributed by atoms with Crippen molar-refractivity contribution in [3.8, 4) is 0 Å². The van der Waals surface area contributed by atoms with E-state index in [1.54, 1.807) is 6.07 Å². The number of nitro groups is 6. The summed E-state index contributed by atoms with van der Waals surface area (Å²) in [6.07, 6.45) is 0. The van der Waals surface area contributed by atoms with Crippen molar-refractivity contribution in [1.29, 1.82) is 0 Å². The van der Waals surface area contributed by atoms with E-state index in [1.807, 2.05) is 0 Å². The van der Waals surface area contributed by atoms with Gasteiger partial charge in [-0.3, -0.25) is 65.6 Å². The first-order chi connectivity index (χ1) is 20.8. The van der Waals surface area contributed by atoms with Crippen molar-refractivity contribution in [3.05, 3.63) is 140 Å². The molecule has 0 aliphatic carbocycles. The summed E-state index contributed by atoms with van der Waals surface area (Å²) in [4.78, 5) is 64.8. The molecule has 0 aliphatic rings. The summed E-state index contributed by atoms with van der Waals surface area (Å²) in [5.74, 6) is 0. The summed E-state index contributed by atoms with van der Waals surface area (Å²) in [5.41, 5.74) is -6.72. The highest BCUT2D eigenvalue weighted by Gasteiger charge is 2.37. The fraction of sp³-hybridized carbons (Fsp3) is 0. The number of anilines is 3. The van der Waals surface area contributed by atoms with E-state index in [9.17, 15) is 60.7 Å². The van der Waals surface area contributed by atoms with Crippen molar-refractivity contribution in [2.45, 2.75) is 9.79 Å². The lowest BCUT2D eigenvalue weighted by Crippen LogP contribution is -2.15. The van der Waals surface area contributed by atoms with Gasteiger partial charge in [0.05, 0.1) is 59.5 Å². The zero-order valence-corrected chi connectivity index (χ0v) is 22.3. The third-order valence-electron chi connectivity index (χ3n) is 5.85. The van der Waals surface area contributed by atoms with E-state index in [4.69, 9.17) is 0 Å². The smallest absolute Gasteiger partial charge is 0.298 e. The minimum absolute atomic E-state index is 0.0632. The number of para-hydroxylation sites is 2. The fourth-order valence-corrected chi connectivity index (χ4v) is 5.18. The molecule has 0 fully saturated rings. The van der Waals surface area contributed by atoms with Gasteiger partial charge < -0.3 is 0 Å². The summed E-state index contributed by atoms with van der Waals surface area (Å²) in [6, 6.07) is 14.8. The summed E-state index contributed by atoms with van der Waals surface area (Å²) in [5, 5.41) is 70.9. The van der Waals surface area contributed by atoms with Crippen LogP contribution in [0.5, 0.6) is 0 Å². The maximum atomic E-state index is 12.2. The van der Waals surface area contributed by atoms with Gasteiger partial charge in [0.15, 0.2) is 4.90 Å². The normalized spacial score (nSPS) is 10.5. The highest BCUT2D eigenvalue weighted by Crippen LogP contribution is 2.52. The van der Waals surface area contributed by atoms with Gasteiger partial charge in [-0.05, 0) is 24.3 Å². The van der Waals surface area contributed by atoms with Gasteiger partial charge in [0.2, 0.25) is 5.69 Å². The molecule has 4 aromatic rings. The van der Waals surface area contributed by atoms with Crippen LogP contribution >= 0.6 is 11.8 Å². The SMILES string of the molecule is O=[N+]([O-])c1cc([N+](=O)[O-])c(Sc2ccccc2N(c2ccccc2)c2c([N+](=O)[O-])cc([N+](=O)[O-])cc2[N+](=O)[O-])c([N+](=O)[O-])c1. The molecule has 20 heteroatoms. The molecule has 0 atom stereocenters.